The summed E-state index contributed by atoms with van der Waals surface area (Å²) in [5.74, 6) is -1.14. The van der Waals surface area contributed by atoms with E-state index in [1.54, 1.807) is 0 Å². The zero-order valence-corrected chi connectivity index (χ0v) is 9.10. The zero-order valence-electron chi connectivity index (χ0n) is 7.53. The number of aldehydes is 1. The van der Waals surface area contributed by atoms with Gasteiger partial charge in [-0.2, -0.15) is 0 Å². The van der Waals surface area contributed by atoms with Gasteiger partial charge in [0.05, 0.1) is 12.7 Å². The second-order valence-corrected chi connectivity index (χ2v) is 5.12. The van der Waals surface area contributed by atoms with Gasteiger partial charge in [-0.25, -0.2) is 12.8 Å². The number of methoxy groups -OCH3 is 1. The standard InChI is InChI=1S/C8H6ClFO4S/c1-14-8-5(4-11)2-6(10)3-7(8)15(9,12)13/h2-4H,1H3. The van der Waals surface area contributed by atoms with Gasteiger partial charge >= 0.3 is 0 Å². The lowest BCUT2D eigenvalue weighted by Gasteiger charge is -2.07. The molecule has 0 aliphatic heterocycles. The Kier molecular flexibility index (Phi) is 3.31. The molecular weight excluding hydrogens is 247 g/mol. The molecule has 0 spiro atoms. The molecule has 7 heteroatoms. The second kappa shape index (κ2) is 4.16. The molecule has 0 amide bonds. The van der Waals surface area contributed by atoms with Crippen molar-refractivity contribution in [2.24, 2.45) is 0 Å². The topological polar surface area (TPSA) is 60.4 Å². The van der Waals surface area contributed by atoms with Gasteiger partial charge in [0.15, 0.2) is 6.29 Å². The van der Waals surface area contributed by atoms with Crippen LogP contribution in [0.2, 0.25) is 0 Å². The van der Waals surface area contributed by atoms with E-state index in [1.807, 2.05) is 0 Å². The van der Waals surface area contributed by atoms with Crippen molar-refractivity contribution in [3.63, 3.8) is 0 Å². The van der Waals surface area contributed by atoms with E-state index in [1.165, 1.54) is 0 Å². The molecule has 0 aliphatic rings. The first-order valence-electron chi connectivity index (χ1n) is 3.67. The van der Waals surface area contributed by atoms with Gasteiger partial charge in [0, 0.05) is 10.7 Å². The predicted molar refractivity (Wildman–Crippen MR) is 51.4 cm³/mol. The summed E-state index contributed by atoms with van der Waals surface area (Å²) in [6, 6.07) is 1.55. The molecule has 0 heterocycles. The molecule has 0 aliphatic carbocycles. The van der Waals surface area contributed by atoms with Crippen molar-refractivity contribution in [3.05, 3.63) is 23.5 Å². The van der Waals surface area contributed by atoms with Gasteiger partial charge in [-0.3, -0.25) is 4.79 Å². The van der Waals surface area contributed by atoms with Gasteiger partial charge in [-0.1, -0.05) is 0 Å². The summed E-state index contributed by atoms with van der Waals surface area (Å²) in [6.07, 6.45) is 0.285. The largest absolute Gasteiger partial charge is 0.495 e. The molecule has 0 N–H and O–H groups in total. The minimum atomic E-state index is -4.15. The number of carbonyl (C=O) groups excluding carboxylic acids is 1. The summed E-state index contributed by atoms with van der Waals surface area (Å²) in [6.45, 7) is 0. The fraction of sp³-hybridized carbons (Fsp3) is 0.125. The summed E-state index contributed by atoms with van der Waals surface area (Å²) >= 11 is 0. The van der Waals surface area contributed by atoms with Crippen molar-refractivity contribution in [3.8, 4) is 5.75 Å². The van der Waals surface area contributed by atoms with Crippen LogP contribution in [0.3, 0.4) is 0 Å². The summed E-state index contributed by atoms with van der Waals surface area (Å²) in [7, 11) is 2.06. The number of halogens is 2. The normalized spacial score (nSPS) is 11.1. The average Bonchev–Trinajstić information content (AvgIpc) is 2.15. The van der Waals surface area contributed by atoms with Crippen LogP contribution in [0, 0.1) is 5.82 Å². The van der Waals surface area contributed by atoms with E-state index in [0.717, 1.165) is 13.2 Å². The van der Waals surface area contributed by atoms with E-state index in [-0.39, 0.29) is 17.6 Å². The third kappa shape index (κ3) is 2.45. The summed E-state index contributed by atoms with van der Waals surface area (Å²) in [5.41, 5.74) is -0.211. The Bertz CT molecular complexity index is 498. The highest BCUT2D eigenvalue weighted by atomic mass is 35.7. The van der Waals surface area contributed by atoms with Gasteiger partial charge in [-0.15, -0.1) is 0 Å². The molecule has 4 nitrogen and oxygen atoms in total. The third-order valence-corrected chi connectivity index (χ3v) is 2.97. The van der Waals surface area contributed by atoms with Crippen LogP contribution in [0.1, 0.15) is 10.4 Å². The lowest BCUT2D eigenvalue weighted by Crippen LogP contribution is -2.01. The Hall–Kier alpha value is -1.14. The van der Waals surface area contributed by atoms with Crippen LogP contribution in [0.25, 0.3) is 0 Å². The minimum Gasteiger partial charge on any atom is -0.495 e. The van der Waals surface area contributed by atoms with Crippen molar-refractivity contribution in [2.75, 3.05) is 7.11 Å². The van der Waals surface area contributed by atoms with Crippen LogP contribution in [0.15, 0.2) is 17.0 Å². The van der Waals surface area contributed by atoms with Gasteiger partial charge in [0.1, 0.15) is 16.5 Å². The Labute approximate surface area is 90.0 Å². The van der Waals surface area contributed by atoms with Crippen LogP contribution in [-0.2, 0) is 9.05 Å². The zero-order chi connectivity index (χ0) is 11.6. The van der Waals surface area contributed by atoms with Crippen LogP contribution < -0.4 is 4.74 Å². The molecule has 0 atom stereocenters. The van der Waals surface area contributed by atoms with Gasteiger partial charge in [0.2, 0.25) is 0 Å². The molecule has 0 saturated heterocycles. The first-order valence-corrected chi connectivity index (χ1v) is 5.98. The van der Waals surface area contributed by atoms with E-state index in [9.17, 15) is 17.6 Å². The fourth-order valence-electron chi connectivity index (χ4n) is 1.08. The predicted octanol–water partition coefficient (Wildman–Crippen LogP) is 1.57. The van der Waals surface area contributed by atoms with E-state index >= 15 is 0 Å². The number of hydrogen-bond donors (Lipinski definition) is 0. The maximum absolute atomic E-state index is 12.9. The smallest absolute Gasteiger partial charge is 0.265 e. The monoisotopic (exact) mass is 252 g/mol. The molecule has 1 rings (SSSR count). The average molecular weight is 253 g/mol. The van der Waals surface area contributed by atoms with Crippen LogP contribution >= 0.6 is 10.7 Å². The van der Waals surface area contributed by atoms with Crippen molar-refractivity contribution < 1.29 is 22.3 Å². The quantitative estimate of drug-likeness (QED) is 0.605. The summed E-state index contributed by atoms with van der Waals surface area (Å²) in [4.78, 5) is 9.97. The molecule has 82 valence electrons. The molecule has 15 heavy (non-hydrogen) atoms. The van der Waals surface area contributed by atoms with Crippen LogP contribution in [-0.4, -0.2) is 21.8 Å². The number of carbonyl (C=O) groups is 1. The molecular formula is C8H6ClFO4S. The molecule has 0 bridgehead atoms. The van der Waals surface area contributed by atoms with E-state index in [4.69, 9.17) is 10.7 Å². The Morgan fingerprint density at radius 2 is 2.07 bits per heavy atom. The number of benzene rings is 1. The maximum atomic E-state index is 12.9. The minimum absolute atomic E-state index is 0.211. The molecule has 1 aromatic rings. The number of rotatable bonds is 3. The lowest BCUT2D eigenvalue weighted by molar-refractivity contribution is 0.111. The fourth-order valence-corrected chi connectivity index (χ4v) is 2.10. The van der Waals surface area contributed by atoms with E-state index in [2.05, 4.69) is 4.74 Å². The molecule has 1 aromatic carbocycles. The Morgan fingerprint density at radius 1 is 1.47 bits per heavy atom. The highest BCUT2D eigenvalue weighted by Gasteiger charge is 2.21. The number of ether oxygens (including phenoxy) is 1. The first kappa shape index (κ1) is 11.9. The second-order valence-electron chi connectivity index (χ2n) is 2.58. The van der Waals surface area contributed by atoms with Crippen LogP contribution in [0.4, 0.5) is 4.39 Å². The third-order valence-electron chi connectivity index (χ3n) is 1.64. The lowest BCUT2D eigenvalue weighted by atomic mass is 10.2. The molecule has 0 aromatic heterocycles. The molecule has 0 unspecified atom stereocenters. The van der Waals surface area contributed by atoms with Crippen molar-refractivity contribution in [1.82, 2.24) is 0 Å². The highest BCUT2D eigenvalue weighted by Crippen LogP contribution is 2.30. The van der Waals surface area contributed by atoms with E-state index < -0.39 is 19.8 Å². The molecule has 0 saturated carbocycles. The van der Waals surface area contributed by atoms with Gasteiger partial charge in [0.25, 0.3) is 9.05 Å². The Balaban J connectivity index is 3.64. The van der Waals surface area contributed by atoms with Crippen molar-refractivity contribution in [2.45, 2.75) is 4.90 Å². The first-order chi connectivity index (χ1) is 6.90. The molecule has 0 fully saturated rings. The summed E-state index contributed by atoms with van der Waals surface area (Å²) in [5, 5.41) is 0. The SMILES string of the molecule is COc1c(C=O)cc(F)cc1S(=O)(=O)Cl. The summed E-state index contributed by atoms with van der Waals surface area (Å²) < 4.78 is 39.7. The van der Waals surface area contributed by atoms with Gasteiger partial charge < -0.3 is 4.74 Å². The Morgan fingerprint density at radius 3 is 2.47 bits per heavy atom. The van der Waals surface area contributed by atoms with Crippen molar-refractivity contribution in [1.29, 1.82) is 0 Å². The number of hydrogen-bond acceptors (Lipinski definition) is 4. The van der Waals surface area contributed by atoms with Crippen molar-refractivity contribution >= 4 is 26.0 Å². The maximum Gasteiger partial charge on any atom is 0.265 e. The molecule has 0 radical (unpaired) electrons. The van der Waals surface area contributed by atoms with Crippen LogP contribution in [0.5, 0.6) is 5.75 Å². The van der Waals surface area contributed by atoms with E-state index in [0.29, 0.717) is 6.07 Å². The highest BCUT2D eigenvalue weighted by molar-refractivity contribution is 8.13. The van der Waals surface area contributed by atoms with Gasteiger partial charge in [-0.05, 0) is 12.1 Å².